The Balaban J connectivity index is 1.60. The van der Waals surface area contributed by atoms with Gasteiger partial charge in [0.05, 0.1) is 11.6 Å². The lowest BCUT2D eigenvalue weighted by Crippen LogP contribution is -2.50. The maximum Gasteiger partial charge on any atom is 0.260 e. The maximum absolute atomic E-state index is 12.4. The molecule has 1 heterocycles. The molecule has 3 rings (SSSR count). The molecule has 0 aliphatic carbocycles. The van der Waals surface area contributed by atoms with Crippen molar-refractivity contribution in [1.82, 2.24) is 4.90 Å². The molecule has 28 heavy (non-hydrogen) atoms. The summed E-state index contributed by atoms with van der Waals surface area (Å²) in [6.07, 6.45) is 0. The molecule has 0 N–H and O–H groups in total. The molecule has 0 radical (unpaired) electrons. The zero-order chi connectivity index (χ0) is 20.1. The summed E-state index contributed by atoms with van der Waals surface area (Å²) in [5.74, 6) is 0.538. The van der Waals surface area contributed by atoms with Crippen molar-refractivity contribution in [1.29, 1.82) is 5.26 Å². The number of nitrogens with zero attached hydrogens (tertiary/aromatic N) is 3. The van der Waals surface area contributed by atoms with Crippen molar-refractivity contribution >= 4 is 33.3 Å². The first-order valence-corrected chi connectivity index (χ1v) is 9.73. The van der Waals surface area contributed by atoms with Gasteiger partial charge in [0.25, 0.3) is 5.91 Å². The highest BCUT2D eigenvalue weighted by atomic mass is 79.9. The molecule has 1 aliphatic heterocycles. The number of ketones is 1. The van der Waals surface area contributed by atoms with E-state index in [1.165, 1.54) is 6.92 Å². The average molecular weight is 442 g/mol. The Hall–Kier alpha value is -2.85. The molecule has 7 heteroatoms. The molecule has 1 amide bonds. The van der Waals surface area contributed by atoms with Crippen molar-refractivity contribution in [2.45, 2.75) is 6.92 Å². The van der Waals surface area contributed by atoms with Gasteiger partial charge < -0.3 is 14.5 Å². The fourth-order valence-corrected chi connectivity index (χ4v) is 3.39. The highest BCUT2D eigenvalue weighted by Gasteiger charge is 2.24. The van der Waals surface area contributed by atoms with E-state index in [2.05, 4.69) is 26.9 Å². The van der Waals surface area contributed by atoms with Crippen LogP contribution in [-0.2, 0) is 4.79 Å². The molecular formula is C21H20BrN3O3. The van der Waals surface area contributed by atoms with E-state index in [1.807, 2.05) is 12.1 Å². The fourth-order valence-electron chi connectivity index (χ4n) is 3.12. The number of Topliss-reactive ketones (excluding diaryl/α,β-unsaturated/α-hetero) is 1. The Morgan fingerprint density at radius 1 is 1.11 bits per heavy atom. The highest BCUT2D eigenvalue weighted by Crippen LogP contribution is 2.24. The van der Waals surface area contributed by atoms with Crippen LogP contribution < -0.4 is 9.64 Å². The first-order valence-electron chi connectivity index (χ1n) is 8.94. The van der Waals surface area contributed by atoms with E-state index in [1.54, 1.807) is 35.2 Å². The molecule has 0 aromatic heterocycles. The van der Waals surface area contributed by atoms with Crippen molar-refractivity contribution < 1.29 is 14.3 Å². The number of hydrogen-bond donors (Lipinski definition) is 0. The quantitative estimate of drug-likeness (QED) is 0.665. The van der Waals surface area contributed by atoms with Gasteiger partial charge in [-0.05, 0) is 49.4 Å². The van der Waals surface area contributed by atoms with Crippen LogP contribution in [0.3, 0.4) is 0 Å². The molecule has 0 spiro atoms. The van der Waals surface area contributed by atoms with Crippen molar-refractivity contribution in [3.8, 4) is 11.8 Å². The number of carbonyl (C=O) groups excluding carboxylic acids is 2. The summed E-state index contributed by atoms with van der Waals surface area (Å²) in [7, 11) is 0. The molecule has 1 saturated heterocycles. The number of carbonyl (C=O) groups is 2. The molecule has 2 aromatic carbocycles. The van der Waals surface area contributed by atoms with Gasteiger partial charge in [0.15, 0.2) is 12.4 Å². The third-order valence-corrected chi connectivity index (χ3v) is 5.18. The first-order chi connectivity index (χ1) is 13.5. The van der Waals surface area contributed by atoms with E-state index >= 15 is 0 Å². The van der Waals surface area contributed by atoms with Crippen LogP contribution in [0.2, 0.25) is 0 Å². The van der Waals surface area contributed by atoms with Gasteiger partial charge in [-0.2, -0.15) is 5.26 Å². The Morgan fingerprint density at radius 3 is 2.39 bits per heavy atom. The zero-order valence-corrected chi connectivity index (χ0v) is 17.1. The SMILES string of the molecule is CC(=O)c1ccc(C#N)cc1N1CCN(C(=O)COc2ccc(Br)cc2)CC1. The number of piperazine rings is 1. The summed E-state index contributed by atoms with van der Waals surface area (Å²) in [5.41, 5.74) is 1.86. The number of nitriles is 1. The Bertz CT molecular complexity index is 913. The first kappa shape index (κ1) is 19.9. The largest absolute Gasteiger partial charge is 0.484 e. The third kappa shape index (κ3) is 4.70. The maximum atomic E-state index is 12.4. The van der Waals surface area contributed by atoms with Crippen molar-refractivity contribution in [3.63, 3.8) is 0 Å². The van der Waals surface area contributed by atoms with Gasteiger partial charge in [-0.15, -0.1) is 0 Å². The average Bonchev–Trinajstić information content (AvgIpc) is 2.72. The second-order valence-electron chi connectivity index (χ2n) is 6.51. The Labute approximate surface area is 172 Å². The molecule has 0 saturated carbocycles. The smallest absolute Gasteiger partial charge is 0.260 e. The Morgan fingerprint density at radius 2 is 1.79 bits per heavy atom. The molecular weight excluding hydrogens is 422 g/mol. The minimum absolute atomic E-state index is 0.00968. The van der Waals surface area contributed by atoms with E-state index in [-0.39, 0.29) is 18.3 Å². The van der Waals surface area contributed by atoms with E-state index < -0.39 is 0 Å². The third-order valence-electron chi connectivity index (χ3n) is 4.66. The normalized spacial score (nSPS) is 13.8. The van der Waals surface area contributed by atoms with Gasteiger partial charge >= 0.3 is 0 Å². The van der Waals surface area contributed by atoms with Gasteiger partial charge in [-0.1, -0.05) is 15.9 Å². The lowest BCUT2D eigenvalue weighted by molar-refractivity contribution is -0.133. The van der Waals surface area contributed by atoms with E-state index in [9.17, 15) is 9.59 Å². The van der Waals surface area contributed by atoms with Crippen molar-refractivity contribution in [2.75, 3.05) is 37.7 Å². The predicted octanol–water partition coefficient (Wildman–Crippen LogP) is 3.25. The van der Waals surface area contributed by atoms with Gasteiger partial charge in [0.1, 0.15) is 5.75 Å². The molecule has 0 bridgehead atoms. The van der Waals surface area contributed by atoms with Crippen LogP contribution in [-0.4, -0.2) is 49.4 Å². The van der Waals surface area contributed by atoms with Crippen LogP contribution in [0.5, 0.6) is 5.75 Å². The summed E-state index contributed by atoms with van der Waals surface area (Å²) < 4.78 is 6.51. The number of ether oxygens (including phenoxy) is 1. The van der Waals surface area contributed by atoms with Crippen LogP contribution >= 0.6 is 15.9 Å². The zero-order valence-electron chi connectivity index (χ0n) is 15.5. The monoisotopic (exact) mass is 441 g/mol. The van der Waals surface area contributed by atoms with Gasteiger partial charge in [0.2, 0.25) is 0 Å². The molecule has 6 nitrogen and oxygen atoms in total. The van der Waals surface area contributed by atoms with Crippen LogP contribution in [0, 0.1) is 11.3 Å². The topological polar surface area (TPSA) is 73.6 Å². The number of halogens is 1. The lowest BCUT2D eigenvalue weighted by atomic mass is 10.0. The number of amides is 1. The molecule has 1 aliphatic rings. The second kappa shape index (κ2) is 8.89. The van der Waals surface area contributed by atoms with Crippen molar-refractivity contribution in [2.24, 2.45) is 0 Å². The lowest BCUT2D eigenvalue weighted by Gasteiger charge is -2.36. The second-order valence-corrected chi connectivity index (χ2v) is 7.43. The summed E-state index contributed by atoms with van der Waals surface area (Å²) in [6, 6.07) is 14.5. The summed E-state index contributed by atoms with van der Waals surface area (Å²) >= 11 is 3.36. The van der Waals surface area contributed by atoms with Crippen LogP contribution in [0.4, 0.5) is 5.69 Å². The molecule has 0 unspecified atom stereocenters. The van der Waals surface area contributed by atoms with E-state index in [4.69, 9.17) is 10.00 Å². The van der Waals surface area contributed by atoms with Crippen LogP contribution in [0.25, 0.3) is 0 Å². The number of rotatable bonds is 5. The number of benzene rings is 2. The summed E-state index contributed by atoms with van der Waals surface area (Å²) in [5, 5.41) is 9.15. The van der Waals surface area contributed by atoms with Crippen LogP contribution in [0.1, 0.15) is 22.8 Å². The Kier molecular flexibility index (Phi) is 6.32. The van der Waals surface area contributed by atoms with Gasteiger partial charge in [-0.25, -0.2) is 0 Å². The predicted molar refractivity (Wildman–Crippen MR) is 110 cm³/mol. The van der Waals surface area contributed by atoms with Crippen molar-refractivity contribution in [3.05, 3.63) is 58.1 Å². The standard InChI is InChI=1S/C21H20BrN3O3/c1-15(26)19-7-2-16(13-23)12-20(19)24-8-10-25(11-9-24)21(27)14-28-18-5-3-17(22)4-6-18/h2-7,12H,8-11,14H2,1H3. The molecule has 0 atom stereocenters. The van der Waals surface area contributed by atoms with Gasteiger partial charge in [-0.3, -0.25) is 9.59 Å². The van der Waals surface area contributed by atoms with E-state index in [0.29, 0.717) is 43.1 Å². The minimum Gasteiger partial charge on any atom is -0.484 e. The molecule has 144 valence electrons. The highest BCUT2D eigenvalue weighted by molar-refractivity contribution is 9.10. The molecule has 1 fully saturated rings. The summed E-state index contributed by atoms with van der Waals surface area (Å²) in [4.78, 5) is 28.2. The van der Waals surface area contributed by atoms with E-state index in [0.717, 1.165) is 10.2 Å². The fraction of sp³-hybridized carbons (Fsp3) is 0.286. The molecule has 2 aromatic rings. The number of anilines is 1. The minimum atomic E-state index is -0.0693. The number of hydrogen-bond acceptors (Lipinski definition) is 5. The summed E-state index contributed by atoms with van der Waals surface area (Å²) in [6.45, 7) is 3.78. The van der Waals surface area contributed by atoms with Gasteiger partial charge in [0, 0.05) is 41.9 Å². The van der Waals surface area contributed by atoms with Crippen LogP contribution in [0.15, 0.2) is 46.9 Å².